The number of halogens is 3. The first-order valence-electron chi connectivity index (χ1n) is 14.9. The minimum atomic E-state index is -1.28. The Morgan fingerprint density at radius 1 is 0.977 bits per heavy atom. The molecule has 2 saturated heterocycles. The molecule has 0 bridgehead atoms. The molecule has 1 N–H and O–H groups in total. The Kier molecular flexibility index (Phi) is 9.40. The predicted molar refractivity (Wildman–Crippen MR) is 158 cm³/mol. The topological polar surface area (TPSA) is 106 Å². The summed E-state index contributed by atoms with van der Waals surface area (Å²) in [6, 6.07) is 4.71. The van der Waals surface area contributed by atoms with E-state index >= 15 is 0 Å². The fourth-order valence-electron chi connectivity index (χ4n) is 5.51. The molecule has 4 heterocycles. The van der Waals surface area contributed by atoms with Gasteiger partial charge in [-0.1, -0.05) is 6.92 Å². The number of piperidine rings is 1. The van der Waals surface area contributed by atoms with Crippen molar-refractivity contribution in [1.29, 1.82) is 0 Å². The predicted octanol–water partition coefficient (Wildman–Crippen LogP) is 5.04. The number of benzene rings is 1. The van der Waals surface area contributed by atoms with Crippen LogP contribution >= 0.6 is 0 Å². The lowest BCUT2D eigenvalue weighted by Gasteiger charge is -2.32. The molecule has 0 aliphatic carbocycles. The van der Waals surface area contributed by atoms with Crippen LogP contribution in [-0.2, 0) is 11.2 Å². The number of anilines is 2. The third kappa shape index (κ3) is 7.67. The summed E-state index contributed by atoms with van der Waals surface area (Å²) in [5.41, 5.74) is 0.170. The van der Waals surface area contributed by atoms with Crippen molar-refractivity contribution >= 4 is 17.9 Å². The van der Waals surface area contributed by atoms with Crippen molar-refractivity contribution in [2.45, 2.75) is 64.5 Å². The van der Waals surface area contributed by atoms with E-state index in [0.717, 1.165) is 49.9 Å². The van der Waals surface area contributed by atoms with Gasteiger partial charge in [-0.3, -0.25) is 0 Å². The van der Waals surface area contributed by atoms with Crippen LogP contribution in [0.1, 0.15) is 57.7 Å². The number of hydrogen-bond donors (Lipinski definition) is 1. The lowest BCUT2D eigenvalue weighted by Crippen LogP contribution is -2.43. The highest BCUT2D eigenvalue weighted by atomic mass is 19.2. The maximum Gasteiger partial charge on any atom is 0.407 e. The van der Waals surface area contributed by atoms with Crippen molar-refractivity contribution in [1.82, 2.24) is 25.5 Å². The van der Waals surface area contributed by atoms with Crippen LogP contribution in [0, 0.1) is 23.4 Å². The molecule has 0 radical (unpaired) electrons. The van der Waals surface area contributed by atoms with E-state index in [2.05, 4.69) is 37.3 Å². The Labute approximate surface area is 255 Å². The molecule has 2 aliphatic rings. The molecular formula is C31H38F3N7O3. The zero-order chi connectivity index (χ0) is 31.4. The quantitative estimate of drug-likeness (QED) is 0.350. The number of carbonyl (C=O) groups is 1. The largest absolute Gasteiger partial charge is 0.490 e. The number of aryl methyl sites for hydroxylation is 1. The van der Waals surface area contributed by atoms with Gasteiger partial charge in [0.25, 0.3) is 0 Å². The molecule has 0 spiro atoms. The lowest BCUT2D eigenvalue weighted by molar-refractivity contribution is 0.0504. The van der Waals surface area contributed by atoms with Crippen LogP contribution < -0.4 is 19.9 Å². The molecule has 0 saturated carbocycles. The van der Waals surface area contributed by atoms with Gasteiger partial charge in [0.05, 0.1) is 30.7 Å². The highest BCUT2D eigenvalue weighted by Gasteiger charge is 2.39. The van der Waals surface area contributed by atoms with Crippen LogP contribution in [0.5, 0.6) is 5.75 Å². The smallest absolute Gasteiger partial charge is 0.407 e. The van der Waals surface area contributed by atoms with Crippen molar-refractivity contribution in [3.05, 3.63) is 65.4 Å². The molecule has 1 aromatic carbocycles. The molecule has 0 unspecified atom stereocenters. The van der Waals surface area contributed by atoms with Gasteiger partial charge in [-0.25, -0.2) is 27.9 Å². The second kappa shape index (κ2) is 13.2. The Hall–Kier alpha value is -4.16. The minimum absolute atomic E-state index is 0.0523. The molecule has 3 aromatic rings. The molecule has 10 nitrogen and oxygen atoms in total. The number of aromatic nitrogens is 4. The Morgan fingerprint density at radius 2 is 1.68 bits per heavy atom. The van der Waals surface area contributed by atoms with E-state index in [1.54, 1.807) is 38.1 Å². The first kappa shape index (κ1) is 31.3. The summed E-state index contributed by atoms with van der Waals surface area (Å²) in [6.07, 6.45) is 5.22. The van der Waals surface area contributed by atoms with E-state index in [9.17, 15) is 18.0 Å². The summed E-state index contributed by atoms with van der Waals surface area (Å²) in [5, 5.41) is 11.4. The number of nitrogens with one attached hydrogen (secondary N) is 1. The van der Waals surface area contributed by atoms with E-state index in [1.165, 1.54) is 0 Å². The summed E-state index contributed by atoms with van der Waals surface area (Å²) < 4.78 is 53.9. The van der Waals surface area contributed by atoms with Crippen LogP contribution in [0.15, 0.2) is 36.7 Å². The van der Waals surface area contributed by atoms with Gasteiger partial charge in [0.2, 0.25) is 5.95 Å². The molecule has 44 heavy (non-hydrogen) atoms. The van der Waals surface area contributed by atoms with E-state index in [-0.39, 0.29) is 18.7 Å². The second-order valence-electron chi connectivity index (χ2n) is 12.2. The fraction of sp³-hybridized carbons (Fsp3) is 0.516. The van der Waals surface area contributed by atoms with E-state index in [1.807, 2.05) is 12.1 Å². The summed E-state index contributed by atoms with van der Waals surface area (Å²) >= 11 is 0. The standard InChI is InChI=1S/C31H38F3N7O3/c1-5-20-6-7-28(39-38-20)40-10-8-19(9-11-40)18-43-21-14-35-29(36-15-21)41-16-23(22-12-25(33)26(34)13-24(22)32)27(17-41)37-30(42)44-31(2,3)4/h6-7,12-15,19,23,27H,5,8-11,16-18H2,1-4H3,(H,37,42)/t23-,27+/m1/s1. The molecule has 2 aromatic heterocycles. The number of hydrogen-bond acceptors (Lipinski definition) is 9. The number of ether oxygens (including phenoxy) is 2. The number of rotatable bonds is 8. The maximum atomic E-state index is 14.8. The summed E-state index contributed by atoms with van der Waals surface area (Å²) in [5.74, 6) is -1.94. The fourth-order valence-corrected chi connectivity index (χ4v) is 5.51. The van der Waals surface area contributed by atoms with Gasteiger partial charge >= 0.3 is 6.09 Å². The Balaban J connectivity index is 1.19. The highest BCUT2D eigenvalue weighted by Crippen LogP contribution is 2.33. The Bertz CT molecular complexity index is 1430. The lowest BCUT2D eigenvalue weighted by atomic mass is 9.93. The number of carbonyl (C=O) groups excluding carboxylic acids is 1. The first-order chi connectivity index (χ1) is 21.0. The van der Waals surface area contributed by atoms with Gasteiger partial charge in [0.15, 0.2) is 23.2 Å². The van der Waals surface area contributed by atoms with Gasteiger partial charge in [-0.05, 0) is 69.7 Å². The van der Waals surface area contributed by atoms with Crippen LogP contribution in [0.2, 0.25) is 0 Å². The SMILES string of the molecule is CCc1ccc(N2CCC(COc3cnc(N4C[C@H](NC(=O)OC(C)(C)C)[C@@H](c5cc(F)c(F)cc5F)C4)nc3)CC2)nn1. The second-order valence-corrected chi connectivity index (χ2v) is 12.2. The van der Waals surface area contributed by atoms with E-state index in [4.69, 9.17) is 9.47 Å². The van der Waals surface area contributed by atoms with Crippen LogP contribution in [-0.4, -0.2) is 70.7 Å². The monoisotopic (exact) mass is 613 g/mol. The number of amides is 1. The summed E-state index contributed by atoms with van der Waals surface area (Å²) in [6.45, 7) is 9.86. The van der Waals surface area contributed by atoms with Gasteiger partial charge in [0.1, 0.15) is 11.4 Å². The van der Waals surface area contributed by atoms with Crippen molar-refractivity contribution < 1.29 is 27.4 Å². The average molecular weight is 614 g/mol. The van der Waals surface area contributed by atoms with Gasteiger partial charge in [-0.2, -0.15) is 5.10 Å². The third-order valence-corrected chi connectivity index (χ3v) is 7.85. The zero-order valence-corrected chi connectivity index (χ0v) is 25.4. The highest BCUT2D eigenvalue weighted by molar-refractivity contribution is 5.68. The van der Waals surface area contributed by atoms with Crippen molar-refractivity contribution in [3.63, 3.8) is 0 Å². The molecule has 236 valence electrons. The average Bonchev–Trinajstić information content (AvgIpc) is 3.40. The zero-order valence-electron chi connectivity index (χ0n) is 25.4. The third-order valence-electron chi connectivity index (χ3n) is 7.85. The molecular weight excluding hydrogens is 575 g/mol. The maximum absolute atomic E-state index is 14.8. The molecule has 1 amide bonds. The Morgan fingerprint density at radius 3 is 2.32 bits per heavy atom. The molecule has 2 atom stereocenters. The van der Waals surface area contributed by atoms with Crippen LogP contribution in [0.4, 0.5) is 29.7 Å². The van der Waals surface area contributed by atoms with Crippen molar-refractivity contribution in [2.75, 3.05) is 42.6 Å². The van der Waals surface area contributed by atoms with Gasteiger partial charge in [-0.15, -0.1) is 5.10 Å². The summed E-state index contributed by atoms with van der Waals surface area (Å²) in [7, 11) is 0. The van der Waals surface area contributed by atoms with Gasteiger partial charge < -0.3 is 24.6 Å². The number of alkyl carbamates (subject to hydrolysis) is 1. The molecule has 2 aliphatic heterocycles. The van der Waals surface area contributed by atoms with E-state index < -0.39 is 41.1 Å². The normalized spacial score (nSPS) is 19.2. The molecule has 13 heteroatoms. The molecule has 5 rings (SSSR count). The van der Waals surface area contributed by atoms with Crippen LogP contribution in [0.25, 0.3) is 0 Å². The first-order valence-corrected chi connectivity index (χ1v) is 14.9. The van der Waals surface area contributed by atoms with E-state index in [0.29, 0.717) is 30.3 Å². The van der Waals surface area contributed by atoms with Crippen molar-refractivity contribution in [3.8, 4) is 5.75 Å². The van der Waals surface area contributed by atoms with Gasteiger partial charge in [0, 0.05) is 38.2 Å². The van der Waals surface area contributed by atoms with Crippen LogP contribution in [0.3, 0.4) is 0 Å². The summed E-state index contributed by atoms with van der Waals surface area (Å²) in [4.78, 5) is 25.4. The molecule has 2 fully saturated rings. The minimum Gasteiger partial charge on any atom is -0.490 e. The van der Waals surface area contributed by atoms with Crippen molar-refractivity contribution in [2.24, 2.45) is 5.92 Å². The number of nitrogens with zero attached hydrogens (tertiary/aromatic N) is 6.